The standard InChI is InChI=1S/C12H12FNO2S2/c1-8-12(17-7-14-8)18(15,16)9(2)10-5-3-4-6-11(10)13/h3-7,9H,1-2H3. The first kappa shape index (κ1) is 13.2. The molecule has 0 amide bonds. The van der Waals surface area contributed by atoms with Crippen LogP contribution < -0.4 is 0 Å². The van der Waals surface area contributed by atoms with Crippen molar-refractivity contribution in [1.82, 2.24) is 4.98 Å². The van der Waals surface area contributed by atoms with Crippen LogP contribution in [0, 0.1) is 12.7 Å². The topological polar surface area (TPSA) is 47.0 Å². The Kier molecular flexibility index (Phi) is 3.49. The molecule has 2 aromatic rings. The summed E-state index contributed by atoms with van der Waals surface area (Å²) in [5, 5.41) is -0.919. The summed E-state index contributed by atoms with van der Waals surface area (Å²) in [6.45, 7) is 3.13. The van der Waals surface area contributed by atoms with Crippen molar-refractivity contribution in [2.75, 3.05) is 0 Å². The first-order valence-corrected chi connectivity index (χ1v) is 7.75. The third-order valence-electron chi connectivity index (χ3n) is 2.77. The first-order valence-electron chi connectivity index (χ1n) is 5.33. The average molecular weight is 285 g/mol. The fraction of sp³-hybridized carbons (Fsp3) is 0.250. The van der Waals surface area contributed by atoms with Crippen LogP contribution >= 0.6 is 11.3 Å². The highest BCUT2D eigenvalue weighted by molar-refractivity contribution is 7.93. The maximum absolute atomic E-state index is 13.6. The lowest BCUT2D eigenvalue weighted by molar-refractivity contribution is 0.574. The van der Waals surface area contributed by atoms with Crippen molar-refractivity contribution in [1.29, 1.82) is 0 Å². The minimum atomic E-state index is -3.59. The van der Waals surface area contributed by atoms with Crippen molar-refractivity contribution in [2.24, 2.45) is 0 Å². The Morgan fingerprint density at radius 1 is 1.33 bits per heavy atom. The number of aryl methyl sites for hydroxylation is 1. The molecule has 3 nitrogen and oxygen atoms in total. The number of thiazole rings is 1. The monoisotopic (exact) mass is 285 g/mol. The number of hydrogen-bond acceptors (Lipinski definition) is 4. The van der Waals surface area contributed by atoms with Gasteiger partial charge in [-0.2, -0.15) is 0 Å². The smallest absolute Gasteiger partial charge is 0.196 e. The normalized spacial score (nSPS) is 13.5. The number of halogens is 1. The summed E-state index contributed by atoms with van der Waals surface area (Å²) in [5.41, 5.74) is 2.13. The van der Waals surface area contributed by atoms with E-state index >= 15 is 0 Å². The largest absolute Gasteiger partial charge is 0.249 e. The summed E-state index contributed by atoms with van der Waals surface area (Å²) in [7, 11) is -3.59. The molecule has 0 aliphatic rings. The van der Waals surface area contributed by atoms with Gasteiger partial charge >= 0.3 is 0 Å². The quantitative estimate of drug-likeness (QED) is 0.870. The molecule has 96 valence electrons. The maximum Gasteiger partial charge on any atom is 0.196 e. The van der Waals surface area contributed by atoms with E-state index in [2.05, 4.69) is 4.98 Å². The van der Waals surface area contributed by atoms with Gasteiger partial charge in [0.15, 0.2) is 9.84 Å². The molecule has 0 spiro atoms. The molecule has 0 N–H and O–H groups in total. The minimum absolute atomic E-state index is 0.185. The molecular formula is C12H12FNO2S2. The number of hydrogen-bond donors (Lipinski definition) is 0. The third kappa shape index (κ3) is 2.18. The van der Waals surface area contributed by atoms with Crippen molar-refractivity contribution in [3.63, 3.8) is 0 Å². The molecule has 0 aliphatic carbocycles. The van der Waals surface area contributed by atoms with Crippen molar-refractivity contribution in [2.45, 2.75) is 23.3 Å². The summed E-state index contributed by atoms with van der Waals surface area (Å²) >= 11 is 1.06. The lowest BCUT2D eigenvalue weighted by atomic mass is 10.1. The van der Waals surface area contributed by atoms with Crippen LogP contribution in [0.3, 0.4) is 0 Å². The molecule has 1 unspecified atom stereocenters. The Morgan fingerprint density at radius 3 is 2.56 bits per heavy atom. The Morgan fingerprint density at radius 2 is 2.00 bits per heavy atom. The van der Waals surface area contributed by atoms with Crippen LogP contribution in [-0.4, -0.2) is 13.4 Å². The van der Waals surface area contributed by atoms with Crippen LogP contribution in [0.1, 0.15) is 23.4 Å². The van der Waals surface area contributed by atoms with Crippen LogP contribution in [-0.2, 0) is 9.84 Å². The lowest BCUT2D eigenvalue weighted by Crippen LogP contribution is -2.12. The van der Waals surface area contributed by atoms with E-state index in [1.807, 2.05) is 0 Å². The summed E-state index contributed by atoms with van der Waals surface area (Å²) in [6.07, 6.45) is 0. The highest BCUT2D eigenvalue weighted by atomic mass is 32.2. The van der Waals surface area contributed by atoms with Crippen LogP contribution in [0.2, 0.25) is 0 Å². The molecule has 1 atom stereocenters. The second-order valence-corrected chi connectivity index (χ2v) is 7.25. The Balaban J connectivity index is 2.50. The minimum Gasteiger partial charge on any atom is -0.249 e. The lowest BCUT2D eigenvalue weighted by Gasteiger charge is -2.13. The number of rotatable bonds is 3. The maximum atomic E-state index is 13.6. The van der Waals surface area contributed by atoms with Gasteiger partial charge in [0, 0.05) is 5.56 Å². The van der Waals surface area contributed by atoms with Gasteiger partial charge in [0.25, 0.3) is 0 Å². The predicted molar refractivity (Wildman–Crippen MR) is 68.9 cm³/mol. The molecule has 0 saturated heterocycles. The predicted octanol–water partition coefficient (Wildman–Crippen LogP) is 3.13. The van der Waals surface area contributed by atoms with Crippen LogP contribution in [0.25, 0.3) is 0 Å². The number of nitrogens with zero attached hydrogens (tertiary/aromatic N) is 1. The number of sulfone groups is 1. The molecule has 1 heterocycles. The van der Waals surface area contributed by atoms with Crippen molar-refractivity contribution in [3.8, 4) is 0 Å². The van der Waals surface area contributed by atoms with Crippen LogP contribution in [0.4, 0.5) is 4.39 Å². The second-order valence-electron chi connectivity index (χ2n) is 3.93. The van der Waals surface area contributed by atoms with Gasteiger partial charge in [0.2, 0.25) is 0 Å². The number of aromatic nitrogens is 1. The highest BCUT2D eigenvalue weighted by Crippen LogP contribution is 2.33. The fourth-order valence-corrected chi connectivity index (χ4v) is 4.64. The van der Waals surface area contributed by atoms with Crippen molar-refractivity contribution in [3.05, 3.63) is 46.9 Å². The summed E-state index contributed by atoms with van der Waals surface area (Å²) in [5.74, 6) is -0.504. The molecule has 6 heteroatoms. The highest BCUT2D eigenvalue weighted by Gasteiger charge is 2.29. The fourth-order valence-electron chi connectivity index (χ4n) is 1.70. The van der Waals surface area contributed by atoms with Crippen molar-refractivity contribution < 1.29 is 12.8 Å². The molecule has 0 fully saturated rings. The van der Waals surface area contributed by atoms with E-state index in [1.165, 1.54) is 30.6 Å². The van der Waals surface area contributed by atoms with Crippen molar-refractivity contribution >= 4 is 21.2 Å². The van der Waals surface area contributed by atoms with Gasteiger partial charge in [-0.1, -0.05) is 18.2 Å². The first-order chi connectivity index (χ1) is 8.44. The van der Waals surface area contributed by atoms with Gasteiger partial charge in [0.05, 0.1) is 16.5 Å². The SMILES string of the molecule is Cc1ncsc1S(=O)(=O)C(C)c1ccccc1F. The molecule has 0 saturated carbocycles. The van der Waals surface area contributed by atoms with E-state index in [4.69, 9.17) is 0 Å². The van der Waals surface area contributed by atoms with E-state index in [1.54, 1.807) is 13.0 Å². The summed E-state index contributed by atoms with van der Waals surface area (Å²) < 4.78 is 38.6. The third-order valence-corrected chi connectivity index (χ3v) is 6.47. The summed E-state index contributed by atoms with van der Waals surface area (Å²) in [6, 6.07) is 5.93. The number of benzene rings is 1. The molecule has 0 aliphatic heterocycles. The Labute approximate surface area is 109 Å². The molecule has 1 aromatic carbocycles. The van der Waals surface area contributed by atoms with E-state index in [0.717, 1.165) is 11.3 Å². The molecule has 1 aromatic heterocycles. The van der Waals surface area contributed by atoms with Gasteiger partial charge in [0.1, 0.15) is 10.0 Å². The zero-order valence-electron chi connectivity index (χ0n) is 9.92. The van der Waals surface area contributed by atoms with E-state index in [9.17, 15) is 12.8 Å². The van der Waals surface area contributed by atoms with Crippen LogP contribution in [0.5, 0.6) is 0 Å². The van der Waals surface area contributed by atoms with Gasteiger partial charge < -0.3 is 0 Å². The molecule has 2 rings (SSSR count). The van der Waals surface area contributed by atoms with E-state index < -0.39 is 20.9 Å². The zero-order chi connectivity index (χ0) is 13.3. The Hall–Kier alpha value is -1.27. The zero-order valence-corrected chi connectivity index (χ0v) is 11.6. The van der Waals surface area contributed by atoms with Gasteiger partial charge in [-0.3, -0.25) is 0 Å². The van der Waals surface area contributed by atoms with E-state index in [-0.39, 0.29) is 9.77 Å². The average Bonchev–Trinajstić information content (AvgIpc) is 2.76. The molecule has 0 bridgehead atoms. The summed E-state index contributed by atoms with van der Waals surface area (Å²) in [4.78, 5) is 3.93. The van der Waals surface area contributed by atoms with E-state index in [0.29, 0.717) is 5.69 Å². The Bertz CT molecular complexity index is 664. The molecule has 18 heavy (non-hydrogen) atoms. The molecular weight excluding hydrogens is 273 g/mol. The van der Waals surface area contributed by atoms with Gasteiger partial charge in [-0.05, 0) is 19.9 Å². The van der Waals surface area contributed by atoms with Gasteiger partial charge in [-0.15, -0.1) is 11.3 Å². The van der Waals surface area contributed by atoms with Crippen LogP contribution in [0.15, 0.2) is 34.0 Å². The molecule has 0 radical (unpaired) electrons. The second kappa shape index (κ2) is 4.78. The van der Waals surface area contributed by atoms with Gasteiger partial charge in [-0.25, -0.2) is 17.8 Å².